The van der Waals surface area contributed by atoms with E-state index in [2.05, 4.69) is 35.5 Å². The van der Waals surface area contributed by atoms with Gasteiger partial charge in [0.15, 0.2) is 9.84 Å². The molecule has 0 saturated heterocycles. The van der Waals surface area contributed by atoms with E-state index in [0.717, 1.165) is 30.6 Å². The van der Waals surface area contributed by atoms with Crippen molar-refractivity contribution in [1.29, 1.82) is 0 Å². The summed E-state index contributed by atoms with van der Waals surface area (Å²) in [5, 5.41) is 0. The van der Waals surface area contributed by atoms with Crippen molar-refractivity contribution in [3.8, 4) is 11.8 Å². The number of hydrogen-bond donors (Lipinski definition) is 0. The molecule has 0 heterocycles. The largest absolute Gasteiger partial charge is 0.465 e. The predicted octanol–water partition coefficient (Wildman–Crippen LogP) is 4.95. The maximum atomic E-state index is 12.8. The highest BCUT2D eigenvalue weighted by Gasteiger charge is 2.40. The number of fused-ring (bicyclic) bond motifs is 2. The molecule has 41 heavy (non-hydrogen) atoms. The van der Waals surface area contributed by atoms with E-state index in [0.29, 0.717) is 23.6 Å². The topological polar surface area (TPSA) is 90.0 Å². The van der Waals surface area contributed by atoms with Crippen LogP contribution in [0.4, 0.5) is 5.69 Å². The minimum atomic E-state index is -3.49. The highest BCUT2D eigenvalue weighted by molar-refractivity contribution is 7.91. The van der Waals surface area contributed by atoms with Gasteiger partial charge in [-0.05, 0) is 93.5 Å². The lowest BCUT2D eigenvalue weighted by Crippen LogP contribution is -2.28. The SMILES string of the molecule is C=C(C)C(=O)OCCN(CC)c1ccc(C#Cc2ccc(S(=O)(=O)CCCOC(=O)C3C[C@@H]4C=C[C@@H]3C4)cc2)cc1. The van der Waals surface area contributed by atoms with E-state index in [4.69, 9.17) is 9.47 Å². The Labute approximate surface area is 243 Å². The van der Waals surface area contributed by atoms with Crippen molar-refractivity contribution < 1.29 is 27.5 Å². The molecule has 2 aromatic carbocycles. The van der Waals surface area contributed by atoms with E-state index < -0.39 is 9.84 Å². The van der Waals surface area contributed by atoms with Crippen LogP contribution in [-0.2, 0) is 28.9 Å². The molecule has 0 aliphatic heterocycles. The van der Waals surface area contributed by atoms with Gasteiger partial charge in [-0.3, -0.25) is 4.79 Å². The van der Waals surface area contributed by atoms with Crippen LogP contribution in [0.1, 0.15) is 44.2 Å². The number of sulfone groups is 1. The lowest BCUT2D eigenvalue weighted by Gasteiger charge is -2.23. The minimum Gasteiger partial charge on any atom is -0.465 e. The molecule has 2 aliphatic carbocycles. The van der Waals surface area contributed by atoms with Crippen LogP contribution >= 0.6 is 0 Å². The second kappa shape index (κ2) is 13.7. The summed E-state index contributed by atoms with van der Waals surface area (Å²) in [6.07, 6.45) is 6.40. The Hall–Kier alpha value is -3.83. The highest BCUT2D eigenvalue weighted by Crippen LogP contribution is 2.43. The number of esters is 2. The van der Waals surface area contributed by atoms with Gasteiger partial charge in [0.1, 0.15) is 6.61 Å². The zero-order valence-electron chi connectivity index (χ0n) is 23.7. The van der Waals surface area contributed by atoms with Crippen LogP contribution in [0.5, 0.6) is 0 Å². The van der Waals surface area contributed by atoms with Crippen LogP contribution < -0.4 is 4.90 Å². The van der Waals surface area contributed by atoms with Crippen LogP contribution in [0.15, 0.2) is 77.7 Å². The van der Waals surface area contributed by atoms with Crippen molar-refractivity contribution in [1.82, 2.24) is 0 Å². The molecule has 1 unspecified atom stereocenters. The van der Waals surface area contributed by atoms with E-state index in [1.807, 2.05) is 31.2 Å². The maximum absolute atomic E-state index is 12.8. The third-order valence-electron chi connectivity index (χ3n) is 7.50. The fraction of sp³-hybridized carbons (Fsp3) is 0.394. The van der Waals surface area contributed by atoms with Crippen LogP contribution in [0.3, 0.4) is 0 Å². The molecular weight excluding hydrogens is 538 g/mol. The van der Waals surface area contributed by atoms with Gasteiger partial charge in [0.25, 0.3) is 0 Å². The Morgan fingerprint density at radius 3 is 2.17 bits per heavy atom. The molecule has 2 aromatic rings. The third-order valence-corrected chi connectivity index (χ3v) is 9.32. The van der Waals surface area contributed by atoms with Crippen molar-refractivity contribution >= 4 is 27.5 Å². The summed E-state index contributed by atoms with van der Waals surface area (Å²) in [4.78, 5) is 26.2. The van der Waals surface area contributed by atoms with Gasteiger partial charge in [-0.15, -0.1) is 0 Å². The summed E-state index contributed by atoms with van der Waals surface area (Å²) in [6.45, 7) is 8.95. The van der Waals surface area contributed by atoms with Gasteiger partial charge in [0.05, 0.1) is 29.7 Å². The first-order valence-electron chi connectivity index (χ1n) is 14.0. The van der Waals surface area contributed by atoms with Crippen molar-refractivity contribution in [3.05, 3.63) is 84.0 Å². The number of rotatable bonds is 12. The molecule has 1 fully saturated rings. The maximum Gasteiger partial charge on any atom is 0.333 e. The minimum absolute atomic E-state index is 0.0794. The number of benzene rings is 2. The second-order valence-electron chi connectivity index (χ2n) is 10.5. The van der Waals surface area contributed by atoms with Gasteiger partial charge in [-0.25, -0.2) is 13.2 Å². The molecule has 2 aliphatic rings. The summed E-state index contributed by atoms with van der Waals surface area (Å²) in [6, 6.07) is 14.3. The number of allylic oxidation sites excluding steroid dienone is 2. The molecule has 1 saturated carbocycles. The van der Waals surface area contributed by atoms with Crippen LogP contribution in [0.25, 0.3) is 0 Å². The monoisotopic (exact) mass is 575 g/mol. The molecule has 2 bridgehead atoms. The Morgan fingerprint density at radius 2 is 1.61 bits per heavy atom. The smallest absolute Gasteiger partial charge is 0.333 e. The molecule has 7 nitrogen and oxygen atoms in total. The summed E-state index contributed by atoms with van der Waals surface area (Å²) in [7, 11) is -3.49. The van der Waals surface area contributed by atoms with Crippen molar-refractivity contribution in [2.75, 3.05) is 37.0 Å². The normalized spacial score (nSPS) is 18.8. The fourth-order valence-electron chi connectivity index (χ4n) is 5.19. The van der Waals surface area contributed by atoms with Gasteiger partial charge in [-0.2, -0.15) is 0 Å². The lowest BCUT2D eigenvalue weighted by atomic mass is 9.94. The lowest BCUT2D eigenvalue weighted by molar-refractivity contribution is -0.149. The zero-order chi connectivity index (χ0) is 29.4. The van der Waals surface area contributed by atoms with Crippen molar-refractivity contribution in [2.24, 2.45) is 17.8 Å². The molecule has 216 valence electrons. The number of nitrogens with zero attached hydrogens (tertiary/aromatic N) is 1. The molecule has 0 amide bonds. The number of carbonyl (C=O) groups is 2. The Kier molecular flexibility index (Phi) is 10.1. The van der Waals surface area contributed by atoms with Gasteiger partial charge in [-0.1, -0.05) is 30.6 Å². The molecule has 0 spiro atoms. The average Bonchev–Trinajstić information content (AvgIpc) is 3.61. The van der Waals surface area contributed by atoms with Crippen molar-refractivity contribution in [3.63, 3.8) is 0 Å². The van der Waals surface area contributed by atoms with Gasteiger partial charge in [0.2, 0.25) is 0 Å². The Balaban J connectivity index is 1.24. The molecule has 0 N–H and O–H groups in total. The first-order chi connectivity index (χ1) is 19.7. The quantitative estimate of drug-likeness (QED) is 0.116. The van der Waals surface area contributed by atoms with E-state index in [-0.39, 0.29) is 54.1 Å². The summed E-state index contributed by atoms with van der Waals surface area (Å²) >= 11 is 0. The van der Waals surface area contributed by atoms with Crippen molar-refractivity contribution in [2.45, 2.75) is 38.0 Å². The second-order valence-corrected chi connectivity index (χ2v) is 12.7. The van der Waals surface area contributed by atoms with Gasteiger partial charge in [0, 0.05) is 28.9 Å². The molecule has 0 aromatic heterocycles. The summed E-state index contributed by atoms with van der Waals surface area (Å²) in [5.41, 5.74) is 2.91. The van der Waals surface area contributed by atoms with E-state index in [9.17, 15) is 18.0 Å². The average molecular weight is 576 g/mol. The predicted molar refractivity (Wildman–Crippen MR) is 159 cm³/mol. The summed E-state index contributed by atoms with van der Waals surface area (Å²) < 4.78 is 36.1. The molecule has 8 heteroatoms. The molecule has 4 rings (SSSR count). The first kappa shape index (κ1) is 30.1. The Bertz CT molecular complexity index is 1450. The van der Waals surface area contributed by atoms with Gasteiger partial charge < -0.3 is 14.4 Å². The van der Waals surface area contributed by atoms with E-state index in [1.165, 1.54) is 0 Å². The van der Waals surface area contributed by atoms with Gasteiger partial charge >= 0.3 is 11.9 Å². The first-order valence-corrected chi connectivity index (χ1v) is 15.7. The number of hydrogen-bond acceptors (Lipinski definition) is 7. The number of ether oxygens (including phenoxy) is 2. The fourth-order valence-corrected chi connectivity index (χ4v) is 6.47. The zero-order valence-corrected chi connectivity index (χ0v) is 24.5. The van der Waals surface area contributed by atoms with Crippen LogP contribution in [-0.4, -0.2) is 52.4 Å². The standard InChI is InChI=1S/C33H37NO6S/c1-4-34(18-20-40-32(35)24(2)3)29-14-9-25(10-15-29)6-7-26-11-16-30(17-12-26)41(37,38)21-5-19-39-33(36)31-23-27-8-13-28(31)22-27/h8-17,27-28,31H,2,4-5,18-23H2,1,3H3/t27-,28-,31?/m1/s1. The van der Waals surface area contributed by atoms with E-state index in [1.54, 1.807) is 31.2 Å². The number of likely N-dealkylation sites (N-methyl/N-ethyl adjacent to an activating group) is 1. The molecule has 3 atom stereocenters. The third kappa shape index (κ3) is 8.11. The molecule has 0 radical (unpaired) electrons. The number of anilines is 1. The van der Waals surface area contributed by atoms with Crippen LogP contribution in [0, 0.1) is 29.6 Å². The summed E-state index contributed by atoms with van der Waals surface area (Å²) in [5.74, 6) is 6.19. The Morgan fingerprint density at radius 1 is 0.951 bits per heavy atom. The van der Waals surface area contributed by atoms with Crippen LogP contribution in [0.2, 0.25) is 0 Å². The highest BCUT2D eigenvalue weighted by atomic mass is 32.2. The number of carbonyl (C=O) groups excluding carboxylic acids is 2. The molecular formula is C33H37NO6S. The van der Waals surface area contributed by atoms with E-state index >= 15 is 0 Å².